The molecule has 7 heteroatoms. The van der Waals surface area contributed by atoms with Crippen LogP contribution in [0.1, 0.15) is 60.3 Å². The molecule has 5 nitrogen and oxygen atoms in total. The van der Waals surface area contributed by atoms with E-state index in [1.807, 2.05) is 13.8 Å². The molecule has 194 valence electrons. The van der Waals surface area contributed by atoms with E-state index in [-0.39, 0.29) is 41.5 Å². The smallest absolute Gasteiger partial charge is 0.192 e. The second-order valence-electron chi connectivity index (χ2n) is 13.6. The quantitative estimate of drug-likeness (QED) is 0.549. The van der Waals surface area contributed by atoms with E-state index in [2.05, 4.69) is 33.9 Å². The predicted molar refractivity (Wildman–Crippen MR) is 134 cm³/mol. The van der Waals surface area contributed by atoms with E-state index >= 15 is 4.39 Å². The van der Waals surface area contributed by atoms with Gasteiger partial charge in [-0.2, -0.15) is 0 Å². The fourth-order valence-electron chi connectivity index (χ4n) is 8.23. The molecule has 1 spiro atoms. The average molecular weight is 505 g/mol. The Morgan fingerprint density at radius 2 is 2.00 bits per heavy atom. The number of halogens is 1. The highest BCUT2D eigenvalue weighted by Gasteiger charge is 2.81. The molecule has 3 saturated carbocycles. The predicted octanol–water partition coefficient (Wildman–Crippen LogP) is 4.94. The number of ketones is 2. The van der Waals surface area contributed by atoms with Gasteiger partial charge in [0, 0.05) is 16.7 Å². The molecule has 0 aromatic carbocycles. The molecule has 4 aliphatic carbocycles. The maximum Gasteiger partial charge on any atom is 0.192 e. The van der Waals surface area contributed by atoms with Crippen molar-refractivity contribution in [3.8, 4) is 0 Å². The van der Waals surface area contributed by atoms with E-state index in [9.17, 15) is 14.7 Å². The normalized spacial score (nSPS) is 46.7. The fraction of sp³-hybridized carbons (Fsp3) is 0.786. The summed E-state index contributed by atoms with van der Waals surface area (Å²) >= 11 is 0. The zero-order valence-corrected chi connectivity index (χ0v) is 23.2. The van der Waals surface area contributed by atoms with Gasteiger partial charge in [-0.05, 0) is 74.7 Å². The summed E-state index contributed by atoms with van der Waals surface area (Å²) in [6, 6.07) is 0. The van der Waals surface area contributed by atoms with Crippen molar-refractivity contribution >= 4 is 19.9 Å². The lowest BCUT2D eigenvalue weighted by atomic mass is 9.43. The third-order valence-electron chi connectivity index (χ3n) is 11.2. The third-order valence-corrected chi connectivity index (χ3v) is 15.7. The van der Waals surface area contributed by atoms with Crippen LogP contribution >= 0.6 is 0 Å². The van der Waals surface area contributed by atoms with Crippen molar-refractivity contribution in [1.82, 2.24) is 0 Å². The number of alkyl halides is 1. The van der Waals surface area contributed by atoms with Crippen LogP contribution in [0, 0.1) is 28.6 Å². The topological polar surface area (TPSA) is 72.8 Å². The van der Waals surface area contributed by atoms with E-state index in [4.69, 9.17) is 9.16 Å². The van der Waals surface area contributed by atoms with Crippen molar-refractivity contribution in [2.24, 2.45) is 28.6 Å². The summed E-state index contributed by atoms with van der Waals surface area (Å²) in [5.41, 5.74) is -3.70. The number of aliphatic hydroxyl groups excluding tert-OH is 1. The number of allylic oxidation sites excluding steroid dienone is 4. The summed E-state index contributed by atoms with van der Waals surface area (Å²) in [6.07, 6.45) is 5.55. The molecular formula is C28H41FO5Si. The maximum atomic E-state index is 17.3. The Morgan fingerprint density at radius 1 is 1.31 bits per heavy atom. The van der Waals surface area contributed by atoms with Crippen molar-refractivity contribution in [3.63, 3.8) is 0 Å². The minimum atomic E-state index is -2.13. The molecule has 35 heavy (non-hydrogen) atoms. The van der Waals surface area contributed by atoms with Gasteiger partial charge in [0.1, 0.15) is 5.60 Å². The first-order chi connectivity index (χ1) is 16.1. The Balaban J connectivity index is 1.48. The molecule has 0 aromatic heterocycles. The van der Waals surface area contributed by atoms with Crippen molar-refractivity contribution < 1.29 is 28.2 Å². The van der Waals surface area contributed by atoms with Crippen LogP contribution in [0.3, 0.4) is 0 Å². The van der Waals surface area contributed by atoms with Gasteiger partial charge in [0.15, 0.2) is 25.6 Å². The van der Waals surface area contributed by atoms with E-state index in [0.717, 1.165) is 5.57 Å². The van der Waals surface area contributed by atoms with E-state index < -0.39 is 42.4 Å². The summed E-state index contributed by atoms with van der Waals surface area (Å²) < 4.78 is 29.8. The molecule has 1 aliphatic heterocycles. The van der Waals surface area contributed by atoms with Gasteiger partial charge in [-0.3, -0.25) is 9.59 Å². The summed E-state index contributed by atoms with van der Waals surface area (Å²) in [5.74, 6) is -0.684. The Labute approximate surface area is 209 Å². The van der Waals surface area contributed by atoms with Crippen LogP contribution in [0.5, 0.6) is 0 Å². The number of fused-ring (bicyclic) bond motifs is 4. The number of ether oxygens (including phenoxy) is 1. The minimum Gasteiger partial charge on any atom is -0.409 e. The largest absolute Gasteiger partial charge is 0.409 e. The third kappa shape index (κ3) is 2.95. The van der Waals surface area contributed by atoms with Crippen LogP contribution in [0.15, 0.2) is 23.8 Å². The van der Waals surface area contributed by atoms with Gasteiger partial charge in [0.25, 0.3) is 0 Å². The second kappa shape index (κ2) is 7.46. The Bertz CT molecular complexity index is 1030. The van der Waals surface area contributed by atoms with Crippen molar-refractivity contribution in [3.05, 3.63) is 23.8 Å². The number of hydrogen-bond donors (Lipinski definition) is 1. The fourth-order valence-corrected chi connectivity index (χ4v) is 9.16. The van der Waals surface area contributed by atoms with Crippen LogP contribution in [-0.4, -0.2) is 55.6 Å². The Kier molecular flexibility index (Phi) is 5.43. The van der Waals surface area contributed by atoms with Gasteiger partial charge in [-0.25, -0.2) is 4.39 Å². The molecule has 8 atom stereocenters. The maximum absolute atomic E-state index is 17.3. The SMILES string of the molecule is C[C@@H]1C[C@H]2[C@@H]3CCC4=CC(=O)C=C[C@]4(C)[C@@]3(F)[C@@H](O)C[C@@]23CO[C@]13C(=O)CO[Si](C)(C)C(C)(C)C. The summed E-state index contributed by atoms with van der Waals surface area (Å²) in [7, 11) is -2.13. The van der Waals surface area contributed by atoms with E-state index in [1.54, 1.807) is 12.2 Å². The molecule has 0 aromatic rings. The van der Waals surface area contributed by atoms with Crippen LogP contribution in [0.4, 0.5) is 4.39 Å². The van der Waals surface area contributed by atoms with Crippen LogP contribution in [0.25, 0.3) is 0 Å². The zero-order valence-electron chi connectivity index (χ0n) is 22.2. The highest BCUT2D eigenvalue weighted by Crippen LogP contribution is 2.74. The van der Waals surface area contributed by atoms with Gasteiger partial charge in [0.2, 0.25) is 0 Å². The lowest BCUT2D eigenvalue weighted by Gasteiger charge is -2.67. The number of hydrogen-bond acceptors (Lipinski definition) is 5. The number of rotatable bonds is 4. The van der Waals surface area contributed by atoms with E-state index in [1.165, 1.54) is 6.08 Å². The van der Waals surface area contributed by atoms with Crippen LogP contribution in [0.2, 0.25) is 18.1 Å². The number of Topliss-reactive ketones (excluding diaryl/α,β-unsaturated/α-hetero) is 1. The monoisotopic (exact) mass is 504 g/mol. The molecule has 1 heterocycles. The highest BCUT2D eigenvalue weighted by molar-refractivity contribution is 6.74. The minimum absolute atomic E-state index is 0.00623. The Hall–Kier alpha value is -1.15. The van der Waals surface area contributed by atoms with Crippen molar-refractivity contribution in [1.29, 1.82) is 0 Å². The van der Waals surface area contributed by atoms with Gasteiger partial charge >= 0.3 is 0 Å². The van der Waals surface area contributed by atoms with Crippen LogP contribution in [-0.2, 0) is 18.8 Å². The molecule has 0 radical (unpaired) electrons. The average Bonchev–Trinajstić information content (AvgIpc) is 2.90. The molecule has 4 fully saturated rings. The zero-order chi connectivity index (χ0) is 25.8. The van der Waals surface area contributed by atoms with Gasteiger partial charge in [-0.15, -0.1) is 0 Å². The van der Waals surface area contributed by atoms with Gasteiger partial charge in [0.05, 0.1) is 19.3 Å². The molecule has 0 amide bonds. The first kappa shape index (κ1) is 25.5. The number of aliphatic hydroxyl groups is 1. The summed E-state index contributed by atoms with van der Waals surface area (Å²) in [4.78, 5) is 25.9. The lowest BCUT2D eigenvalue weighted by Crippen LogP contribution is -2.76. The lowest BCUT2D eigenvalue weighted by molar-refractivity contribution is -0.309. The molecule has 0 bridgehead atoms. The van der Waals surface area contributed by atoms with Crippen LogP contribution < -0.4 is 0 Å². The number of carbonyl (C=O) groups is 2. The summed E-state index contributed by atoms with van der Waals surface area (Å²) in [6.45, 7) is 15.0. The Morgan fingerprint density at radius 3 is 2.60 bits per heavy atom. The van der Waals surface area contributed by atoms with Crippen molar-refractivity contribution in [2.45, 2.75) is 95.8 Å². The molecule has 1 N–H and O–H groups in total. The van der Waals surface area contributed by atoms with Gasteiger partial charge in [-0.1, -0.05) is 39.3 Å². The highest BCUT2D eigenvalue weighted by atomic mass is 28.4. The number of carbonyl (C=O) groups excluding carboxylic acids is 2. The molecular weight excluding hydrogens is 463 g/mol. The first-order valence-corrected chi connectivity index (χ1v) is 16.1. The second-order valence-corrected chi connectivity index (χ2v) is 18.4. The molecule has 1 saturated heterocycles. The van der Waals surface area contributed by atoms with E-state index in [0.29, 0.717) is 25.9 Å². The molecule has 0 unspecified atom stereocenters. The molecule has 5 aliphatic rings. The van der Waals surface area contributed by atoms with Gasteiger partial charge < -0.3 is 14.3 Å². The standard InChI is InChI=1S/C28H41FO5Si/c1-17-12-21-20-9-8-18-13-19(30)10-11-25(18,5)27(20,29)22(31)14-26(21)16-33-28(17,26)23(32)15-34-35(6,7)24(2,3)4/h10-11,13,17,20-22,31H,8-9,12,14-16H2,1-7H3/t17-,20+,21+,22+,25+,26-,27+,28+/m1/s1. The molecule has 5 rings (SSSR count). The summed E-state index contributed by atoms with van der Waals surface area (Å²) in [5, 5.41) is 11.5. The van der Waals surface area contributed by atoms with Crippen molar-refractivity contribution in [2.75, 3.05) is 13.2 Å². The first-order valence-electron chi connectivity index (χ1n) is 13.2.